The van der Waals surface area contributed by atoms with Crippen LogP contribution in [0.4, 0.5) is 10.3 Å². The van der Waals surface area contributed by atoms with E-state index in [1.807, 2.05) is 24.3 Å². The smallest absolute Gasteiger partial charge is 0.228 e. The number of aliphatic imine (C=N–C) groups is 1. The van der Waals surface area contributed by atoms with Gasteiger partial charge in [-0.15, -0.1) is 0 Å². The zero-order valence-corrected chi connectivity index (χ0v) is 14.5. The highest BCUT2D eigenvalue weighted by molar-refractivity contribution is 6.04. The summed E-state index contributed by atoms with van der Waals surface area (Å²) in [5.41, 5.74) is 2.59. The van der Waals surface area contributed by atoms with E-state index in [1.54, 1.807) is 43.7 Å². The van der Waals surface area contributed by atoms with Crippen molar-refractivity contribution >= 4 is 23.1 Å². The first-order valence-corrected chi connectivity index (χ1v) is 8.35. The fourth-order valence-electron chi connectivity index (χ4n) is 2.99. The van der Waals surface area contributed by atoms with Crippen molar-refractivity contribution in [2.75, 3.05) is 7.11 Å². The SMILES string of the molecule is COc1ccccc1/C=N/c1oc2cccc(O)c2c1-c1ccc(F)cc1. The number of para-hydroxylation sites is 1. The van der Waals surface area contributed by atoms with Crippen LogP contribution >= 0.6 is 0 Å². The minimum Gasteiger partial charge on any atom is -0.507 e. The number of phenols is 1. The number of fused-ring (bicyclic) bond motifs is 1. The monoisotopic (exact) mass is 361 g/mol. The van der Waals surface area contributed by atoms with E-state index in [0.29, 0.717) is 33.7 Å². The molecule has 0 saturated heterocycles. The fourth-order valence-corrected chi connectivity index (χ4v) is 2.99. The number of ether oxygens (including phenoxy) is 1. The van der Waals surface area contributed by atoms with Crippen LogP contribution in [0.5, 0.6) is 11.5 Å². The van der Waals surface area contributed by atoms with E-state index in [4.69, 9.17) is 9.15 Å². The molecule has 0 aliphatic heterocycles. The Hall–Kier alpha value is -3.60. The molecule has 0 saturated carbocycles. The van der Waals surface area contributed by atoms with Gasteiger partial charge in [-0.05, 0) is 42.0 Å². The summed E-state index contributed by atoms with van der Waals surface area (Å²) < 4.78 is 24.6. The van der Waals surface area contributed by atoms with Crippen LogP contribution < -0.4 is 4.74 Å². The number of aromatic hydroxyl groups is 1. The summed E-state index contributed by atoms with van der Waals surface area (Å²) in [5, 5.41) is 10.9. The molecule has 0 atom stereocenters. The predicted molar refractivity (Wildman–Crippen MR) is 104 cm³/mol. The van der Waals surface area contributed by atoms with Crippen LogP contribution in [0.15, 0.2) is 76.1 Å². The lowest BCUT2D eigenvalue weighted by molar-refractivity contribution is 0.414. The maximum absolute atomic E-state index is 13.4. The molecule has 1 N–H and O–H groups in total. The van der Waals surface area contributed by atoms with Gasteiger partial charge in [0, 0.05) is 11.8 Å². The third-order valence-electron chi connectivity index (χ3n) is 4.27. The van der Waals surface area contributed by atoms with Gasteiger partial charge in [0.1, 0.15) is 22.9 Å². The van der Waals surface area contributed by atoms with Crippen molar-refractivity contribution in [1.29, 1.82) is 0 Å². The third-order valence-corrected chi connectivity index (χ3v) is 4.27. The molecule has 0 amide bonds. The quantitative estimate of drug-likeness (QED) is 0.474. The minimum atomic E-state index is -0.338. The molecule has 1 aromatic heterocycles. The van der Waals surface area contributed by atoms with Gasteiger partial charge >= 0.3 is 0 Å². The Morgan fingerprint density at radius 1 is 1.00 bits per heavy atom. The molecule has 5 heteroatoms. The lowest BCUT2D eigenvalue weighted by Gasteiger charge is -2.03. The second kappa shape index (κ2) is 6.96. The Kier molecular flexibility index (Phi) is 4.34. The Morgan fingerprint density at radius 3 is 2.56 bits per heavy atom. The predicted octanol–water partition coefficient (Wildman–Crippen LogP) is 5.70. The lowest BCUT2D eigenvalue weighted by atomic mass is 10.0. The van der Waals surface area contributed by atoms with Crippen LogP contribution in [0.1, 0.15) is 5.56 Å². The fraction of sp³-hybridized carbons (Fsp3) is 0.0455. The van der Waals surface area contributed by atoms with Crippen molar-refractivity contribution < 1.29 is 18.7 Å². The van der Waals surface area contributed by atoms with Crippen LogP contribution in [-0.4, -0.2) is 18.4 Å². The van der Waals surface area contributed by atoms with Gasteiger partial charge < -0.3 is 14.3 Å². The molecule has 3 aromatic carbocycles. The van der Waals surface area contributed by atoms with Crippen molar-refractivity contribution in [3.8, 4) is 22.6 Å². The lowest BCUT2D eigenvalue weighted by Crippen LogP contribution is -1.89. The van der Waals surface area contributed by atoms with Gasteiger partial charge in [-0.25, -0.2) is 9.38 Å². The van der Waals surface area contributed by atoms with Gasteiger partial charge in [-0.2, -0.15) is 0 Å². The first-order chi connectivity index (χ1) is 13.2. The Balaban J connectivity index is 1.90. The zero-order chi connectivity index (χ0) is 18.8. The second-order valence-electron chi connectivity index (χ2n) is 5.94. The molecule has 0 aliphatic rings. The molecule has 0 bridgehead atoms. The van der Waals surface area contributed by atoms with Crippen molar-refractivity contribution in [2.45, 2.75) is 0 Å². The molecular formula is C22H16FNO3. The molecule has 4 rings (SSSR count). The minimum absolute atomic E-state index is 0.0781. The highest BCUT2D eigenvalue weighted by Gasteiger charge is 2.18. The molecule has 134 valence electrons. The van der Waals surface area contributed by atoms with Crippen LogP contribution in [-0.2, 0) is 0 Å². The largest absolute Gasteiger partial charge is 0.507 e. The van der Waals surface area contributed by atoms with Crippen LogP contribution in [0.25, 0.3) is 22.1 Å². The Labute approximate surface area is 155 Å². The van der Waals surface area contributed by atoms with Gasteiger partial charge in [0.15, 0.2) is 0 Å². The average Bonchev–Trinajstić information content (AvgIpc) is 3.07. The van der Waals surface area contributed by atoms with E-state index < -0.39 is 0 Å². The van der Waals surface area contributed by atoms with E-state index in [1.165, 1.54) is 12.1 Å². The third kappa shape index (κ3) is 3.15. The molecular weight excluding hydrogens is 345 g/mol. The van der Waals surface area contributed by atoms with Crippen LogP contribution in [0.2, 0.25) is 0 Å². The topological polar surface area (TPSA) is 55.0 Å². The van der Waals surface area contributed by atoms with Crippen molar-refractivity contribution in [1.82, 2.24) is 0 Å². The number of nitrogens with zero attached hydrogens (tertiary/aromatic N) is 1. The molecule has 0 unspecified atom stereocenters. The number of rotatable bonds is 4. The van der Waals surface area contributed by atoms with Crippen molar-refractivity contribution in [3.05, 3.63) is 78.1 Å². The van der Waals surface area contributed by atoms with E-state index in [0.717, 1.165) is 5.56 Å². The number of hydrogen-bond acceptors (Lipinski definition) is 4. The van der Waals surface area contributed by atoms with Gasteiger partial charge in [-0.1, -0.05) is 30.3 Å². The van der Waals surface area contributed by atoms with E-state index in [2.05, 4.69) is 4.99 Å². The van der Waals surface area contributed by atoms with Crippen LogP contribution in [0.3, 0.4) is 0 Å². The normalized spacial score (nSPS) is 11.3. The maximum Gasteiger partial charge on any atom is 0.228 e. The zero-order valence-electron chi connectivity index (χ0n) is 14.5. The summed E-state index contributed by atoms with van der Waals surface area (Å²) in [7, 11) is 1.59. The second-order valence-corrected chi connectivity index (χ2v) is 5.94. The first-order valence-electron chi connectivity index (χ1n) is 8.35. The molecule has 4 nitrogen and oxygen atoms in total. The first kappa shape index (κ1) is 16.8. The summed E-state index contributed by atoms with van der Waals surface area (Å²) in [6.45, 7) is 0. The number of furan rings is 1. The number of hydrogen-bond donors (Lipinski definition) is 1. The van der Waals surface area contributed by atoms with Gasteiger partial charge in [0.05, 0.1) is 18.1 Å². The number of halogens is 1. The van der Waals surface area contributed by atoms with Gasteiger partial charge in [0.2, 0.25) is 5.88 Å². The van der Waals surface area contributed by atoms with E-state index in [-0.39, 0.29) is 11.6 Å². The highest BCUT2D eigenvalue weighted by Crippen LogP contribution is 2.44. The van der Waals surface area contributed by atoms with Gasteiger partial charge in [-0.3, -0.25) is 0 Å². The summed E-state index contributed by atoms with van der Waals surface area (Å²) in [5.74, 6) is 0.747. The summed E-state index contributed by atoms with van der Waals surface area (Å²) in [4.78, 5) is 4.49. The molecule has 0 radical (unpaired) electrons. The Morgan fingerprint density at radius 2 is 1.78 bits per heavy atom. The summed E-state index contributed by atoms with van der Waals surface area (Å²) in [6.07, 6.45) is 1.64. The number of benzene rings is 3. The van der Waals surface area contributed by atoms with Crippen molar-refractivity contribution in [3.63, 3.8) is 0 Å². The standard InChI is InChI=1S/C22H16FNO3/c1-26-18-7-3-2-5-15(18)13-24-22-20(14-9-11-16(23)12-10-14)21-17(25)6-4-8-19(21)27-22/h2-13,25H,1H3/b24-13+. The van der Waals surface area contributed by atoms with E-state index in [9.17, 15) is 9.50 Å². The Bertz CT molecular complexity index is 1130. The molecule has 1 heterocycles. The van der Waals surface area contributed by atoms with Crippen LogP contribution in [0, 0.1) is 5.82 Å². The molecule has 27 heavy (non-hydrogen) atoms. The number of phenolic OH excluding ortho intramolecular Hbond substituents is 1. The molecule has 0 aliphatic carbocycles. The summed E-state index contributed by atoms with van der Waals surface area (Å²) >= 11 is 0. The maximum atomic E-state index is 13.4. The van der Waals surface area contributed by atoms with E-state index >= 15 is 0 Å². The molecule has 4 aromatic rings. The molecule has 0 fully saturated rings. The van der Waals surface area contributed by atoms with Gasteiger partial charge in [0.25, 0.3) is 0 Å². The highest BCUT2D eigenvalue weighted by atomic mass is 19.1. The summed E-state index contributed by atoms with van der Waals surface area (Å²) in [6, 6.07) is 18.5. The molecule has 0 spiro atoms. The van der Waals surface area contributed by atoms with Crippen molar-refractivity contribution in [2.24, 2.45) is 4.99 Å². The average molecular weight is 361 g/mol. The number of methoxy groups -OCH3 is 1.